The Kier molecular flexibility index (Phi) is 6.71. The number of carbonyl (C=O) groups excluding carboxylic acids is 2. The number of nitrogens with one attached hydrogen (secondary N) is 2. The zero-order valence-electron chi connectivity index (χ0n) is 13.5. The van der Waals surface area contributed by atoms with E-state index >= 15 is 0 Å². The van der Waals surface area contributed by atoms with Gasteiger partial charge in [0.2, 0.25) is 0 Å². The first-order chi connectivity index (χ1) is 11.6. The SMILES string of the molecule is CCOCC(=O)Nc1sc(NC(=O)OCC)nc1-c1ccccc1. The Morgan fingerprint density at radius 2 is 1.88 bits per heavy atom. The van der Waals surface area contributed by atoms with Gasteiger partial charge in [-0.3, -0.25) is 10.1 Å². The lowest BCUT2D eigenvalue weighted by Crippen LogP contribution is -2.17. The largest absolute Gasteiger partial charge is 0.450 e. The number of carbonyl (C=O) groups is 2. The molecule has 0 aliphatic rings. The van der Waals surface area contributed by atoms with Crippen molar-refractivity contribution in [1.82, 2.24) is 4.98 Å². The number of amides is 2. The summed E-state index contributed by atoms with van der Waals surface area (Å²) in [6.07, 6.45) is -0.585. The minimum Gasteiger partial charge on any atom is -0.450 e. The van der Waals surface area contributed by atoms with E-state index < -0.39 is 6.09 Å². The fourth-order valence-electron chi connectivity index (χ4n) is 1.86. The zero-order valence-corrected chi connectivity index (χ0v) is 14.3. The second-order valence-corrected chi connectivity index (χ2v) is 5.59. The first kappa shape index (κ1) is 17.9. The Labute approximate surface area is 144 Å². The molecule has 0 spiro atoms. The molecule has 24 heavy (non-hydrogen) atoms. The van der Waals surface area contributed by atoms with Crippen LogP contribution in [-0.2, 0) is 14.3 Å². The maximum absolute atomic E-state index is 11.9. The van der Waals surface area contributed by atoms with Crippen LogP contribution in [0, 0.1) is 0 Å². The number of aromatic nitrogens is 1. The van der Waals surface area contributed by atoms with Crippen molar-refractivity contribution in [3.05, 3.63) is 30.3 Å². The van der Waals surface area contributed by atoms with E-state index in [4.69, 9.17) is 9.47 Å². The van der Waals surface area contributed by atoms with E-state index in [0.717, 1.165) is 16.9 Å². The van der Waals surface area contributed by atoms with E-state index in [0.29, 0.717) is 22.4 Å². The van der Waals surface area contributed by atoms with E-state index in [-0.39, 0.29) is 19.1 Å². The van der Waals surface area contributed by atoms with Gasteiger partial charge in [-0.05, 0) is 13.8 Å². The highest BCUT2D eigenvalue weighted by Gasteiger charge is 2.17. The molecular weight excluding hydrogens is 330 g/mol. The summed E-state index contributed by atoms with van der Waals surface area (Å²) in [6, 6.07) is 9.39. The summed E-state index contributed by atoms with van der Waals surface area (Å²) >= 11 is 1.16. The molecule has 0 unspecified atom stereocenters. The fourth-order valence-corrected chi connectivity index (χ4v) is 2.75. The smallest absolute Gasteiger partial charge is 0.413 e. The van der Waals surface area contributed by atoms with Crippen LogP contribution in [0.4, 0.5) is 14.9 Å². The van der Waals surface area contributed by atoms with Gasteiger partial charge in [0.05, 0.1) is 6.61 Å². The highest BCUT2D eigenvalue weighted by molar-refractivity contribution is 7.20. The first-order valence-corrected chi connectivity index (χ1v) is 8.33. The molecule has 8 heteroatoms. The summed E-state index contributed by atoms with van der Waals surface area (Å²) in [4.78, 5) is 27.9. The molecule has 0 aliphatic carbocycles. The second kappa shape index (κ2) is 8.99. The van der Waals surface area contributed by atoms with E-state index in [1.54, 1.807) is 6.92 Å². The normalized spacial score (nSPS) is 10.2. The quantitative estimate of drug-likeness (QED) is 0.800. The van der Waals surface area contributed by atoms with Gasteiger partial charge in [0.1, 0.15) is 17.3 Å². The number of hydrogen-bond donors (Lipinski definition) is 2. The number of rotatable bonds is 7. The Balaban J connectivity index is 2.24. The number of hydrogen-bond acceptors (Lipinski definition) is 6. The molecule has 2 N–H and O–H groups in total. The van der Waals surface area contributed by atoms with Crippen LogP contribution in [-0.4, -0.2) is 36.8 Å². The molecule has 2 amide bonds. The Bertz CT molecular complexity index is 688. The number of benzene rings is 1. The highest BCUT2D eigenvalue weighted by Crippen LogP contribution is 2.35. The lowest BCUT2D eigenvalue weighted by molar-refractivity contribution is -0.120. The van der Waals surface area contributed by atoms with Gasteiger partial charge in [-0.15, -0.1) is 0 Å². The minimum atomic E-state index is -0.585. The molecule has 1 aromatic heterocycles. The average Bonchev–Trinajstić information content (AvgIpc) is 2.96. The summed E-state index contributed by atoms with van der Waals surface area (Å²) in [6.45, 7) is 4.22. The van der Waals surface area contributed by atoms with Crippen LogP contribution in [0.5, 0.6) is 0 Å². The Hall–Kier alpha value is -2.45. The van der Waals surface area contributed by atoms with Gasteiger partial charge in [-0.1, -0.05) is 41.7 Å². The van der Waals surface area contributed by atoms with Crippen LogP contribution in [0.3, 0.4) is 0 Å². The Morgan fingerprint density at radius 3 is 2.54 bits per heavy atom. The van der Waals surface area contributed by atoms with Crippen molar-refractivity contribution in [3.8, 4) is 11.3 Å². The molecule has 0 aliphatic heterocycles. The molecule has 2 aromatic rings. The van der Waals surface area contributed by atoms with Gasteiger partial charge in [-0.2, -0.15) is 0 Å². The van der Waals surface area contributed by atoms with Crippen molar-refractivity contribution in [2.24, 2.45) is 0 Å². The van der Waals surface area contributed by atoms with Crippen LogP contribution in [0.15, 0.2) is 30.3 Å². The van der Waals surface area contributed by atoms with Crippen molar-refractivity contribution in [1.29, 1.82) is 0 Å². The maximum Gasteiger partial charge on any atom is 0.413 e. The molecule has 0 bridgehead atoms. The zero-order chi connectivity index (χ0) is 17.4. The highest BCUT2D eigenvalue weighted by atomic mass is 32.1. The van der Waals surface area contributed by atoms with Crippen LogP contribution >= 0.6 is 11.3 Å². The number of nitrogens with zero attached hydrogens (tertiary/aromatic N) is 1. The third-order valence-electron chi connectivity index (χ3n) is 2.85. The van der Waals surface area contributed by atoms with E-state index in [1.807, 2.05) is 37.3 Å². The number of thiazole rings is 1. The maximum atomic E-state index is 11.9. The number of anilines is 2. The standard InChI is InChI=1S/C16H19N3O4S/c1-3-22-10-12(20)17-14-13(11-8-6-5-7-9-11)18-15(24-14)19-16(21)23-4-2/h5-9H,3-4,10H2,1-2H3,(H,17,20)(H,18,19,21). The molecule has 128 valence electrons. The van der Waals surface area contributed by atoms with Gasteiger partial charge in [0.25, 0.3) is 5.91 Å². The topological polar surface area (TPSA) is 89.6 Å². The van der Waals surface area contributed by atoms with Gasteiger partial charge in [-0.25, -0.2) is 9.78 Å². The van der Waals surface area contributed by atoms with Crippen molar-refractivity contribution in [2.75, 3.05) is 30.5 Å². The molecule has 0 saturated carbocycles. The van der Waals surface area contributed by atoms with Gasteiger partial charge in [0, 0.05) is 12.2 Å². The van der Waals surface area contributed by atoms with E-state index in [1.165, 1.54) is 0 Å². The lowest BCUT2D eigenvalue weighted by atomic mass is 10.2. The van der Waals surface area contributed by atoms with Crippen molar-refractivity contribution in [3.63, 3.8) is 0 Å². The lowest BCUT2D eigenvalue weighted by Gasteiger charge is -2.05. The van der Waals surface area contributed by atoms with Crippen LogP contribution in [0.25, 0.3) is 11.3 Å². The van der Waals surface area contributed by atoms with Crippen LogP contribution in [0.2, 0.25) is 0 Å². The van der Waals surface area contributed by atoms with Crippen LogP contribution < -0.4 is 10.6 Å². The van der Waals surface area contributed by atoms with E-state index in [9.17, 15) is 9.59 Å². The molecule has 1 heterocycles. The molecule has 0 atom stereocenters. The van der Waals surface area contributed by atoms with E-state index in [2.05, 4.69) is 15.6 Å². The predicted octanol–water partition coefficient (Wildman–Crippen LogP) is 3.35. The number of ether oxygens (including phenoxy) is 2. The first-order valence-electron chi connectivity index (χ1n) is 7.51. The predicted molar refractivity (Wildman–Crippen MR) is 93.3 cm³/mol. The molecule has 1 aromatic carbocycles. The molecule has 0 fully saturated rings. The van der Waals surface area contributed by atoms with Crippen molar-refractivity contribution >= 4 is 33.5 Å². The van der Waals surface area contributed by atoms with Crippen molar-refractivity contribution in [2.45, 2.75) is 13.8 Å². The molecule has 7 nitrogen and oxygen atoms in total. The van der Waals surface area contributed by atoms with Crippen molar-refractivity contribution < 1.29 is 19.1 Å². The summed E-state index contributed by atoms with van der Waals surface area (Å²) in [7, 11) is 0. The summed E-state index contributed by atoms with van der Waals surface area (Å²) in [5.74, 6) is -0.277. The molecule has 0 saturated heterocycles. The summed E-state index contributed by atoms with van der Waals surface area (Å²) in [5.41, 5.74) is 1.41. The monoisotopic (exact) mass is 349 g/mol. The molecule has 0 radical (unpaired) electrons. The average molecular weight is 349 g/mol. The third-order valence-corrected chi connectivity index (χ3v) is 3.74. The van der Waals surface area contributed by atoms with Gasteiger partial charge < -0.3 is 14.8 Å². The van der Waals surface area contributed by atoms with Gasteiger partial charge in [0.15, 0.2) is 5.13 Å². The fraction of sp³-hybridized carbons (Fsp3) is 0.312. The Morgan fingerprint density at radius 1 is 1.12 bits per heavy atom. The molecular formula is C16H19N3O4S. The van der Waals surface area contributed by atoms with Gasteiger partial charge >= 0.3 is 6.09 Å². The van der Waals surface area contributed by atoms with Crippen LogP contribution in [0.1, 0.15) is 13.8 Å². The second-order valence-electron chi connectivity index (χ2n) is 4.59. The summed E-state index contributed by atoms with van der Waals surface area (Å²) in [5, 5.41) is 6.21. The third kappa shape index (κ3) is 5.04. The molecule has 2 rings (SSSR count). The summed E-state index contributed by atoms with van der Waals surface area (Å²) < 4.78 is 9.94. The minimum absolute atomic E-state index is 0.0384.